The van der Waals surface area contributed by atoms with Crippen LogP contribution in [0, 0.1) is 13.8 Å². The number of benzene rings is 2. The van der Waals surface area contributed by atoms with Crippen molar-refractivity contribution in [1.82, 2.24) is 9.47 Å². The quantitative estimate of drug-likeness (QED) is 0.588. The molecule has 0 radical (unpaired) electrons. The molecule has 0 N–H and O–H groups in total. The van der Waals surface area contributed by atoms with Crippen LogP contribution in [0.1, 0.15) is 17.5 Å². The van der Waals surface area contributed by atoms with Crippen LogP contribution in [0.2, 0.25) is 0 Å². The number of aromatic nitrogens is 1. The van der Waals surface area contributed by atoms with Gasteiger partial charge >= 0.3 is 0 Å². The van der Waals surface area contributed by atoms with E-state index < -0.39 is 0 Å². The monoisotopic (exact) mass is 407 g/mol. The van der Waals surface area contributed by atoms with E-state index in [0.717, 1.165) is 56.3 Å². The molecule has 152 valence electrons. The lowest BCUT2D eigenvalue weighted by Crippen LogP contribution is -2.37. The van der Waals surface area contributed by atoms with Gasteiger partial charge in [0.1, 0.15) is 0 Å². The van der Waals surface area contributed by atoms with Crippen LogP contribution in [-0.2, 0) is 11.3 Å². The summed E-state index contributed by atoms with van der Waals surface area (Å²) in [6, 6.07) is 17.2. The summed E-state index contributed by atoms with van der Waals surface area (Å²) in [7, 11) is 0. The molecule has 2 heterocycles. The second-order valence-corrected chi connectivity index (χ2v) is 8.51. The van der Waals surface area contributed by atoms with Gasteiger partial charge in [-0.2, -0.15) is 0 Å². The van der Waals surface area contributed by atoms with Crippen LogP contribution in [0.3, 0.4) is 0 Å². The van der Waals surface area contributed by atoms with E-state index in [1.807, 2.05) is 0 Å². The van der Waals surface area contributed by atoms with E-state index in [1.165, 1.54) is 22.4 Å². The van der Waals surface area contributed by atoms with E-state index in [2.05, 4.69) is 77.2 Å². The van der Waals surface area contributed by atoms with Gasteiger partial charge in [0.2, 0.25) is 0 Å². The average molecular weight is 408 g/mol. The Morgan fingerprint density at radius 3 is 2.24 bits per heavy atom. The SMILES string of the molecule is Cc1ccc(N=c2scc(-c3ccc(C)cc3)n2CCCN2CCOCC2)cc1. The molecule has 0 bridgehead atoms. The molecule has 1 aromatic heterocycles. The van der Waals surface area contributed by atoms with Gasteiger partial charge in [0.25, 0.3) is 0 Å². The molecule has 0 unspecified atom stereocenters. The fraction of sp³-hybridized carbons (Fsp3) is 0.375. The molecular weight excluding hydrogens is 378 g/mol. The van der Waals surface area contributed by atoms with Crippen molar-refractivity contribution in [2.24, 2.45) is 4.99 Å². The lowest BCUT2D eigenvalue weighted by atomic mass is 10.1. The fourth-order valence-electron chi connectivity index (χ4n) is 3.60. The molecular formula is C24H29N3OS. The maximum atomic E-state index is 5.47. The molecule has 1 aliphatic rings. The lowest BCUT2D eigenvalue weighted by molar-refractivity contribution is 0.0369. The summed E-state index contributed by atoms with van der Waals surface area (Å²) in [5, 5.41) is 2.24. The second kappa shape index (κ2) is 9.53. The molecule has 29 heavy (non-hydrogen) atoms. The molecule has 2 aromatic carbocycles. The van der Waals surface area contributed by atoms with E-state index in [-0.39, 0.29) is 0 Å². The first kappa shape index (κ1) is 20.1. The average Bonchev–Trinajstić information content (AvgIpc) is 3.13. The standard InChI is InChI=1S/C24H29N3OS/c1-19-4-8-21(9-5-19)23-18-29-24(25-22-10-6-20(2)7-11-22)27(23)13-3-12-26-14-16-28-17-15-26/h4-11,18H,3,12-17H2,1-2H3. The number of rotatable bonds is 6. The van der Waals surface area contributed by atoms with Crippen LogP contribution in [-0.4, -0.2) is 42.3 Å². The smallest absolute Gasteiger partial charge is 0.190 e. The first-order valence-electron chi connectivity index (χ1n) is 10.4. The highest BCUT2D eigenvalue weighted by Gasteiger charge is 2.12. The zero-order valence-corrected chi connectivity index (χ0v) is 18.1. The zero-order chi connectivity index (χ0) is 20.1. The number of ether oxygens (including phenoxy) is 1. The van der Waals surface area contributed by atoms with Crippen molar-refractivity contribution in [3.8, 4) is 11.3 Å². The predicted octanol–water partition coefficient (Wildman–Crippen LogP) is 4.79. The molecule has 4 rings (SSSR count). The summed E-state index contributed by atoms with van der Waals surface area (Å²) in [4.78, 5) is 8.52. The molecule has 0 aliphatic carbocycles. The second-order valence-electron chi connectivity index (χ2n) is 7.68. The van der Waals surface area contributed by atoms with Gasteiger partial charge in [-0.1, -0.05) is 47.5 Å². The summed E-state index contributed by atoms with van der Waals surface area (Å²) >= 11 is 1.72. The first-order chi connectivity index (χ1) is 14.2. The minimum atomic E-state index is 0.855. The van der Waals surface area contributed by atoms with E-state index >= 15 is 0 Å². The number of aryl methyl sites for hydroxylation is 2. The van der Waals surface area contributed by atoms with Crippen molar-refractivity contribution in [1.29, 1.82) is 0 Å². The Hall–Kier alpha value is -2.21. The highest BCUT2D eigenvalue weighted by atomic mass is 32.1. The van der Waals surface area contributed by atoms with Crippen molar-refractivity contribution in [2.45, 2.75) is 26.8 Å². The molecule has 1 saturated heterocycles. The Morgan fingerprint density at radius 1 is 0.897 bits per heavy atom. The minimum absolute atomic E-state index is 0.855. The van der Waals surface area contributed by atoms with Gasteiger partial charge in [-0.15, -0.1) is 11.3 Å². The Kier molecular flexibility index (Phi) is 6.60. The van der Waals surface area contributed by atoms with Crippen molar-refractivity contribution in [2.75, 3.05) is 32.8 Å². The largest absolute Gasteiger partial charge is 0.379 e. The van der Waals surface area contributed by atoms with Gasteiger partial charge in [-0.25, -0.2) is 4.99 Å². The Labute approximate surface area is 177 Å². The highest BCUT2D eigenvalue weighted by Crippen LogP contribution is 2.22. The summed E-state index contributed by atoms with van der Waals surface area (Å²) in [5.41, 5.74) is 6.06. The molecule has 4 nitrogen and oxygen atoms in total. The molecule has 3 aromatic rings. The van der Waals surface area contributed by atoms with Crippen molar-refractivity contribution in [3.05, 3.63) is 69.8 Å². The van der Waals surface area contributed by atoms with E-state index in [9.17, 15) is 0 Å². The molecule has 5 heteroatoms. The maximum absolute atomic E-state index is 5.47. The van der Waals surface area contributed by atoms with Crippen LogP contribution < -0.4 is 4.80 Å². The number of hydrogen-bond acceptors (Lipinski definition) is 4. The van der Waals surface area contributed by atoms with E-state index in [4.69, 9.17) is 9.73 Å². The first-order valence-corrected chi connectivity index (χ1v) is 11.2. The van der Waals surface area contributed by atoms with Crippen molar-refractivity contribution in [3.63, 3.8) is 0 Å². The topological polar surface area (TPSA) is 29.8 Å². The molecule has 0 spiro atoms. The van der Waals surface area contributed by atoms with Crippen LogP contribution in [0.15, 0.2) is 58.9 Å². The van der Waals surface area contributed by atoms with Gasteiger partial charge in [0.05, 0.1) is 24.6 Å². The van der Waals surface area contributed by atoms with Crippen LogP contribution in [0.4, 0.5) is 5.69 Å². The van der Waals surface area contributed by atoms with Gasteiger partial charge in [-0.3, -0.25) is 4.90 Å². The van der Waals surface area contributed by atoms with Crippen molar-refractivity contribution >= 4 is 17.0 Å². The summed E-state index contributed by atoms with van der Waals surface area (Å²) in [6.45, 7) is 10.1. The molecule has 0 saturated carbocycles. The third-order valence-corrected chi connectivity index (χ3v) is 6.23. The highest BCUT2D eigenvalue weighted by molar-refractivity contribution is 7.07. The number of thiazole rings is 1. The zero-order valence-electron chi connectivity index (χ0n) is 17.3. The van der Waals surface area contributed by atoms with Gasteiger partial charge < -0.3 is 9.30 Å². The molecule has 1 aliphatic heterocycles. The predicted molar refractivity (Wildman–Crippen MR) is 121 cm³/mol. The van der Waals surface area contributed by atoms with Gasteiger partial charge in [0, 0.05) is 31.6 Å². The van der Waals surface area contributed by atoms with E-state index in [0.29, 0.717) is 0 Å². The fourth-order valence-corrected chi connectivity index (χ4v) is 4.55. The van der Waals surface area contributed by atoms with Gasteiger partial charge in [-0.05, 0) is 38.0 Å². The van der Waals surface area contributed by atoms with Crippen molar-refractivity contribution < 1.29 is 4.74 Å². The summed E-state index contributed by atoms with van der Waals surface area (Å²) in [5.74, 6) is 0. The van der Waals surface area contributed by atoms with Gasteiger partial charge in [0.15, 0.2) is 4.80 Å². The summed E-state index contributed by atoms with van der Waals surface area (Å²) in [6.07, 6.45) is 1.11. The Bertz CT molecular complexity index is 980. The molecule has 0 atom stereocenters. The Morgan fingerprint density at radius 2 is 1.55 bits per heavy atom. The third-order valence-electron chi connectivity index (χ3n) is 5.36. The third kappa shape index (κ3) is 5.24. The lowest BCUT2D eigenvalue weighted by Gasteiger charge is -2.26. The normalized spacial score (nSPS) is 15.7. The molecule has 1 fully saturated rings. The Balaban J connectivity index is 1.61. The van der Waals surface area contributed by atoms with Crippen LogP contribution >= 0.6 is 11.3 Å². The molecule has 0 amide bonds. The van der Waals surface area contributed by atoms with Crippen LogP contribution in [0.5, 0.6) is 0 Å². The number of morpholine rings is 1. The minimum Gasteiger partial charge on any atom is -0.379 e. The maximum Gasteiger partial charge on any atom is 0.190 e. The van der Waals surface area contributed by atoms with Crippen LogP contribution in [0.25, 0.3) is 11.3 Å². The van der Waals surface area contributed by atoms with E-state index in [1.54, 1.807) is 11.3 Å². The summed E-state index contributed by atoms with van der Waals surface area (Å²) < 4.78 is 7.86. The number of hydrogen-bond donors (Lipinski definition) is 0. The number of nitrogens with zero attached hydrogens (tertiary/aromatic N) is 3.